The lowest BCUT2D eigenvalue weighted by molar-refractivity contribution is -0.115. The fraction of sp³-hybridized carbons (Fsp3) is 0.441. The highest BCUT2D eigenvalue weighted by Gasteiger charge is 2.15. The fourth-order valence-electron chi connectivity index (χ4n) is 5.60. The number of benzene rings is 2. The van der Waals surface area contributed by atoms with Gasteiger partial charge < -0.3 is 10.8 Å². The molecular formula is C34H47N7O5. The van der Waals surface area contributed by atoms with Crippen molar-refractivity contribution in [2.45, 2.75) is 71.6 Å². The predicted octanol–water partition coefficient (Wildman–Crippen LogP) is 5.23. The van der Waals surface area contributed by atoms with Gasteiger partial charge in [-0.05, 0) is 74.9 Å². The van der Waals surface area contributed by atoms with Crippen LogP contribution in [0.2, 0.25) is 0 Å². The molecule has 12 nitrogen and oxygen atoms in total. The number of nitrogens with two attached hydrogens (primary N) is 1. The molecule has 46 heavy (non-hydrogen) atoms. The van der Waals surface area contributed by atoms with Crippen molar-refractivity contribution in [3.05, 3.63) is 69.2 Å². The van der Waals surface area contributed by atoms with Crippen molar-refractivity contribution < 1.29 is 14.7 Å². The minimum absolute atomic E-state index is 0. The number of nitrogens with zero attached hydrogens (tertiary/aromatic N) is 5. The van der Waals surface area contributed by atoms with E-state index >= 15 is 0 Å². The zero-order valence-electron chi connectivity index (χ0n) is 26.5. The number of aliphatic hydroxyl groups is 1. The smallest absolute Gasteiger partial charge is 0.328 e. The second kappa shape index (κ2) is 15.9. The lowest BCUT2D eigenvalue weighted by Gasteiger charge is -2.05. The largest absolute Gasteiger partial charge is 0.515 e. The van der Waals surface area contributed by atoms with Gasteiger partial charge in [-0.1, -0.05) is 20.3 Å². The molecule has 0 spiro atoms. The average Bonchev–Trinajstić information content (AvgIpc) is 3.24. The lowest BCUT2D eigenvalue weighted by atomic mass is 10.1. The van der Waals surface area contributed by atoms with Crippen LogP contribution in [0.5, 0.6) is 0 Å². The molecule has 0 radical (unpaired) electrons. The molecule has 2 fully saturated rings. The van der Waals surface area contributed by atoms with Crippen molar-refractivity contribution in [2.75, 3.05) is 11.2 Å². The third-order valence-corrected chi connectivity index (χ3v) is 8.39. The molecular weight excluding hydrogens is 586 g/mol. The number of hydrogen-bond donors (Lipinski definition) is 3. The minimum atomic E-state index is -0.0580. The van der Waals surface area contributed by atoms with Gasteiger partial charge >= 0.3 is 11.4 Å². The van der Waals surface area contributed by atoms with Gasteiger partial charge in [0.1, 0.15) is 5.71 Å². The van der Waals surface area contributed by atoms with E-state index in [1.54, 1.807) is 58.6 Å². The number of allylic oxidation sites excluding steroid dienone is 1. The predicted molar refractivity (Wildman–Crippen MR) is 185 cm³/mol. The topological polar surface area (TPSA) is 159 Å². The van der Waals surface area contributed by atoms with Crippen molar-refractivity contribution in [1.29, 1.82) is 0 Å². The Hall–Kier alpha value is -4.87. The first kappa shape index (κ1) is 35.6. The number of rotatable bonds is 2. The van der Waals surface area contributed by atoms with E-state index < -0.39 is 0 Å². The third kappa shape index (κ3) is 8.04. The quantitative estimate of drug-likeness (QED) is 0.0896. The number of aliphatic hydroxyl groups excluding tert-OH is 1. The number of ketones is 2. The standard InChI is InChI=1S/C16H20N4O2.C9H11N3O.C8H12O2.CH4/c1-19-13-9-8-11(10-14(13)20(2)16(19)22)17-18-12-6-4-3-5-7-15(12)21;1-11-7-4-3-6(10)5-8(7)12(2)9(11)13;9-6-7-4-2-1-3-5-8(7)10;/h8-10,17H,3-7H2,1-2H3;3-5H,10H2,1-2H3;6,9H,1-5H2;1H4/b18-12+;;7-6-;. The zero-order valence-corrected chi connectivity index (χ0v) is 26.5. The Morgan fingerprint density at radius 2 is 1.17 bits per heavy atom. The number of Topliss-reactive ketones (excluding diaryl/α,β-unsaturated/α-hetero) is 2. The van der Waals surface area contributed by atoms with Gasteiger partial charge in [0.25, 0.3) is 0 Å². The SMILES string of the molecule is C.Cn1c(=O)n(C)c2cc(N)ccc21.Cn1c(=O)n(C)c2cc(N/N=C3\CCCCCC3=O)ccc21.O=C1CCCCC/C1=C/O. The first-order valence-corrected chi connectivity index (χ1v) is 15.3. The van der Waals surface area contributed by atoms with Crippen LogP contribution in [0.25, 0.3) is 22.1 Å². The Balaban J connectivity index is 0.000000204. The maximum atomic E-state index is 11.9. The molecule has 0 bridgehead atoms. The zero-order chi connectivity index (χ0) is 32.7. The second-order valence-corrected chi connectivity index (χ2v) is 11.5. The summed E-state index contributed by atoms with van der Waals surface area (Å²) in [6.45, 7) is 0. The number of anilines is 2. The number of aryl methyl sites for hydroxylation is 4. The summed E-state index contributed by atoms with van der Waals surface area (Å²) in [5.74, 6) is 0.262. The van der Waals surface area contributed by atoms with Crippen molar-refractivity contribution in [1.82, 2.24) is 18.3 Å². The summed E-state index contributed by atoms with van der Waals surface area (Å²) in [6.07, 6.45) is 9.86. The summed E-state index contributed by atoms with van der Waals surface area (Å²) in [5.41, 5.74) is 14.7. The van der Waals surface area contributed by atoms with E-state index in [1.807, 2.05) is 24.3 Å². The summed E-state index contributed by atoms with van der Waals surface area (Å²) in [6, 6.07) is 11.1. The maximum absolute atomic E-state index is 11.9. The van der Waals surface area contributed by atoms with Crippen LogP contribution < -0.4 is 22.5 Å². The number of fused-ring (bicyclic) bond motifs is 2. The molecule has 4 N–H and O–H groups in total. The molecule has 12 heteroatoms. The van der Waals surface area contributed by atoms with Crippen molar-refractivity contribution in [2.24, 2.45) is 33.3 Å². The van der Waals surface area contributed by atoms with Gasteiger partial charge in [-0.2, -0.15) is 5.10 Å². The normalized spacial score (nSPS) is 17.0. The van der Waals surface area contributed by atoms with Crippen molar-refractivity contribution >= 4 is 50.7 Å². The molecule has 2 aromatic heterocycles. The van der Waals surface area contributed by atoms with Crippen LogP contribution in [0.1, 0.15) is 71.6 Å². The molecule has 2 aromatic carbocycles. The van der Waals surface area contributed by atoms with E-state index in [2.05, 4.69) is 10.5 Å². The number of carbonyl (C=O) groups excluding carboxylic acids is 2. The van der Waals surface area contributed by atoms with Crippen molar-refractivity contribution in [3.63, 3.8) is 0 Å². The van der Waals surface area contributed by atoms with Gasteiger partial charge in [-0.25, -0.2) is 9.59 Å². The Morgan fingerprint density at radius 1 is 0.674 bits per heavy atom. The van der Waals surface area contributed by atoms with Gasteiger partial charge in [0.05, 0.1) is 34.0 Å². The molecule has 0 atom stereocenters. The molecule has 248 valence electrons. The van der Waals surface area contributed by atoms with Gasteiger partial charge in [0.15, 0.2) is 11.6 Å². The number of imidazole rings is 2. The number of carbonyl (C=O) groups is 2. The molecule has 6 rings (SSSR count). The number of nitrogens with one attached hydrogen (secondary N) is 1. The van der Waals surface area contributed by atoms with Gasteiger partial charge in [0.2, 0.25) is 0 Å². The van der Waals surface area contributed by atoms with E-state index in [1.165, 1.54) is 0 Å². The Morgan fingerprint density at radius 3 is 1.78 bits per heavy atom. The van der Waals surface area contributed by atoms with Crippen LogP contribution in [-0.4, -0.2) is 40.7 Å². The molecule has 2 heterocycles. The van der Waals surface area contributed by atoms with Crippen LogP contribution in [-0.2, 0) is 37.8 Å². The van der Waals surface area contributed by atoms with Crippen molar-refractivity contribution in [3.8, 4) is 0 Å². The Labute approximate surface area is 268 Å². The Kier molecular flexibility index (Phi) is 12.3. The van der Waals surface area contributed by atoms with Crippen LogP contribution >= 0.6 is 0 Å². The molecule has 0 unspecified atom stereocenters. The first-order chi connectivity index (χ1) is 21.5. The summed E-state index contributed by atoms with van der Waals surface area (Å²) in [7, 11) is 6.99. The van der Waals surface area contributed by atoms with Gasteiger partial charge in [-0.15, -0.1) is 0 Å². The van der Waals surface area contributed by atoms with E-state index in [0.717, 1.165) is 85.4 Å². The van der Waals surface area contributed by atoms with Gasteiger partial charge in [-0.3, -0.25) is 33.3 Å². The number of aromatic nitrogens is 4. The summed E-state index contributed by atoms with van der Waals surface area (Å²) < 4.78 is 6.41. The average molecular weight is 634 g/mol. The number of nitrogen functional groups attached to an aromatic ring is 1. The maximum Gasteiger partial charge on any atom is 0.328 e. The highest BCUT2D eigenvalue weighted by molar-refractivity contribution is 6.40. The van der Waals surface area contributed by atoms with E-state index in [-0.39, 0.29) is 30.4 Å². The van der Waals surface area contributed by atoms with Gasteiger partial charge in [0, 0.05) is 52.3 Å². The third-order valence-electron chi connectivity index (χ3n) is 8.39. The second-order valence-electron chi connectivity index (χ2n) is 11.5. The number of hydrogen-bond acceptors (Lipinski definition) is 8. The molecule has 0 amide bonds. The Bertz CT molecular complexity index is 1890. The summed E-state index contributed by atoms with van der Waals surface area (Å²) in [5, 5.41) is 12.9. The van der Waals surface area contributed by atoms with Crippen LogP contribution in [0, 0.1) is 0 Å². The van der Waals surface area contributed by atoms with Crippen LogP contribution in [0.3, 0.4) is 0 Å². The molecule has 2 aliphatic carbocycles. The number of hydrazone groups is 1. The molecule has 2 aliphatic rings. The summed E-state index contributed by atoms with van der Waals surface area (Å²) >= 11 is 0. The molecule has 0 aliphatic heterocycles. The summed E-state index contributed by atoms with van der Waals surface area (Å²) in [4.78, 5) is 46.4. The first-order valence-electron chi connectivity index (χ1n) is 15.3. The monoisotopic (exact) mass is 633 g/mol. The van der Waals surface area contributed by atoms with Crippen LogP contribution in [0.4, 0.5) is 11.4 Å². The highest BCUT2D eigenvalue weighted by Crippen LogP contribution is 2.20. The molecule has 0 saturated heterocycles. The van der Waals surface area contributed by atoms with E-state index in [9.17, 15) is 19.2 Å². The molecule has 4 aromatic rings. The lowest BCUT2D eigenvalue weighted by Crippen LogP contribution is -2.19. The van der Waals surface area contributed by atoms with E-state index in [0.29, 0.717) is 29.8 Å². The molecule has 2 saturated carbocycles. The fourth-order valence-corrected chi connectivity index (χ4v) is 5.60. The minimum Gasteiger partial charge on any atom is -0.515 e. The van der Waals surface area contributed by atoms with Crippen LogP contribution in [0.15, 0.2) is 62.9 Å². The van der Waals surface area contributed by atoms with E-state index in [4.69, 9.17) is 10.8 Å². The highest BCUT2D eigenvalue weighted by atomic mass is 16.2.